The van der Waals surface area contributed by atoms with Gasteiger partial charge in [0.1, 0.15) is 10.8 Å². The number of rotatable bonds is 7. The Morgan fingerprint density at radius 1 is 1.26 bits per heavy atom. The fourth-order valence-electron chi connectivity index (χ4n) is 1.73. The van der Waals surface area contributed by atoms with E-state index in [4.69, 9.17) is 9.47 Å². The number of nitrogens with one attached hydrogen (secondary N) is 1. The lowest BCUT2D eigenvalue weighted by Gasteiger charge is -2.07. The predicted molar refractivity (Wildman–Crippen MR) is 85.5 cm³/mol. The van der Waals surface area contributed by atoms with Crippen molar-refractivity contribution >= 4 is 28.3 Å². The van der Waals surface area contributed by atoms with Gasteiger partial charge in [0.25, 0.3) is 5.91 Å². The molecular weight excluding hydrogens is 318 g/mol. The van der Waals surface area contributed by atoms with Gasteiger partial charge in [-0.05, 0) is 25.5 Å². The molecule has 0 aliphatic carbocycles. The number of hydrogen-bond acceptors (Lipinski definition) is 7. The number of hydrogen-bond donors (Lipinski definition) is 1. The standard InChI is InChI=1S/C15H17N3O4S/c1-3-21-14(20)8-13-17-18-15(23-13)16-12(19)9-22-11-7-5-4-6-10(11)2/h4-7H,3,8-9H2,1-2H3,(H,16,18,19). The van der Waals surface area contributed by atoms with Crippen molar-refractivity contribution in [2.75, 3.05) is 18.5 Å². The van der Waals surface area contributed by atoms with Crippen molar-refractivity contribution in [1.82, 2.24) is 10.2 Å². The van der Waals surface area contributed by atoms with E-state index in [-0.39, 0.29) is 24.9 Å². The molecule has 2 aromatic rings. The molecule has 0 radical (unpaired) electrons. The first-order valence-corrected chi connectivity index (χ1v) is 7.86. The van der Waals surface area contributed by atoms with Gasteiger partial charge in [0, 0.05) is 0 Å². The smallest absolute Gasteiger partial charge is 0.312 e. The van der Waals surface area contributed by atoms with Crippen LogP contribution < -0.4 is 10.1 Å². The molecule has 0 spiro atoms. The van der Waals surface area contributed by atoms with Crippen LogP contribution in [0.5, 0.6) is 5.75 Å². The number of carbonyl (C=O) groups excluding carboxylic acids is 2. The minimum absolute atomic E-state index is 0.0427. The molecule has 0 saturated heterocycles. The Bertz CT molecular complexity index is 687. The number of nitrogens with zero attached hydrogens (tertiary/aromatic N) is 2. The average molecular weight is 335 g/mol. The number of para-hydroxylation sites is 1. The van der Waals surface area contributed by atoms with Gasteiger partial charge in [0.15, 0.2) is 6.61 Å². The molecule has 23 heavy (non-hydrogen) atoms. The van der Waals surface area contributed by atoms with Gasteiger partial charge in [0.2, 0.25) is 5.13 Å². The van der Waals surface area contributed by atoms with Gasteiger partial charge in [-0.1, -0.05) is 29.5 Å². The fraction of sp³-hybridized carbons (Fsp3) is 0.333. The van der Waals surface area contributed by atoms with E-state index in [1.54, 1.807) is 13.0 Å². The van der Waals surface area contributed by atoms with Crippen LogP contribution in [-0.2, 0) is 20.7 Å². The summed E-state index contributed by atoms with van der Waals surface area (Å²) in [4.78, 5) is 23.2. The number of anilines is 1. The zero-order valence-corrected chi connectivity index (χ0v) is 13.7. The van der Waals surface area contributed by atoms with Crippen LogP contribution in [0.25, 0.3) is 0 Å². The lowest BCUT2D eigenvalue weighted by Crippen LogP contribution is -2.20. The summed E-state index contributed by atoms with van der Waals surface area (Å²) in [5.74, 6) is -0.0561. The molecule has 1 aromatic heterocycles. The van der Waals surface area contributed by atoms with Gasteiger partial charge >= 0.3 is 5.97 Å². The Kier molecular flexibility index (Phi) is 6.04. The number of ether oxygens (including phenoxy) is 2. The van der Waals surface area contributed by atoms with E-state index in [1.807, 2.05) is 25.1 Å². The van der Waals surface area contributed by atoms with Crippen LogP contribution in [0.15, 0.2) is 24.3 Å². The lowest BCUT2D eigenvalue weighted by molar-refractivity contribution is -0.142. The van der Waals surface area contributed by atoms with Crippen molar-refractivity contribution < 1.29 is 19.1 Å². The van der Waals surface area contributed by atoms with Crippen molar-refractivity contribution in [2.24, 2.45) is 0 Å². The van der Waals surface area contributed by atoms with E-state index < -0.39 is 0 Å². The highest BCUT2D eigenvalue weighted by molar-refractivity contribution is 7.15. The monoisotopic (exact) mass is 335 g/mol. The van der Waals surface area contributed by atoms with E-state index in [9.17, 15) is 9.59 Å². The van der Waals surface area contributed by atoms with Crippen molar-refractivity contribution in [3.8, 4) is 5.75 Å². The molecule has 0 saturated carbocycles. The molecule has 1 aromatic carbocycles. The molecule has 8 heteroatoms. The summed E-state index contributed by atoms with van der Waals surface area (Å²) in [5, 5.41) is 11.0. The highest BCUT2D eigenvalue weighted by atomic mass is 32.1. The maximum atomic E-state index is 11.8. The van der Waals surface area contributed by atoms with Crippen molar-refractivity contribution in [2.45, 2.75) is 20.3 Å². The van der Waals surface area contributed by atoms with Gasteiger partial charge in [-0.25, -0.2) is 0 Å². The molecule has 2 rings (SSSR count). The van der Waals surface area contributed by atoms with Crippen LogP contribution in [0.2, 0.25) is 0 Å². The summed E-state index contributed by atoms with van der Waals surface area (Å²) in [6, 6.07) is 7.44. The van der Waals surface area contributed by atoms with Crippen LogP contribution in [0.4, 0.5) is 5.13 Å². The van der Waals surface area contributed by atoms with E-state index in [0.717, 1.165) is 16.9 Å². The SMILES string of the molecule is CCOC(=O)Cc1nnc(NC(=O)COc2ccccc2C)s1. The average Bonchev–Trinajstić information content (AvgIpc) is 2.93. The minimum atomic E-state index is -0.371. The molecule has 0 unspecified atom stereocenters. The van der Waals surface area contributed by atoms with Gasteiger partial charge in [0.05, 0.1) is 13.0 Å². The summed E-state index contributed by atoms with van der Waals surface area (Å²) < 4.78 is 10.3. The topological polar surface area (TPSA) is 90.4 Å². The molecule has 0 fully saturated rings. The Balaban J connectivity index is 1.82. The fourth-order valence-corrected chi connectivity index (χ4v) is 2.47. The Morgan fingerprint density at radius 3 is 2.78 bits per heavy atom. The van der Waals surface area contributed by atoms with Crippen molar-refractivity contribution in [3.63, 3.8) is 0 Å². The van der Waals surface area contributed by atoms with Crippen molar-refractivity contribution in [3.05, 3.63) is 34.8 Å². The summed E-state index contributed by atoms with van der Waals surface area (Å²) in [6.45, 7) is 3.83. The van der Waals surface area contributed by atoms with Crippen LogP contribution in [-0.4, -0.2) is 35.3 Å². The molecule has 0 aliphatic rings. The molecular formula is C15H17N3O4S. The maximum absolute atomic E-state index is 11.8. The highest BCUT2D eigenvalue weighted by Gasteiger charge is 2.12. The third-order valence-corrected chi connectivity index (χ3v) is 3.61. The molecule has 7 nitrogen and oxygen atoms in total. The lowest BCUT2D eigenvalue weighted by atomic mass is 10.2. The minimum Gasteiger partial charge on any atom is -0.483 e. The first-order valence-electron chi connectivity index (χ1n) is 7.04. The molecule has 1 heterocycles. The zero-order valence-electron chi connectivity index (χ0n) is 12.9. The summed E-state index contributed by atoms with van der Waals surface area (Å²) >= 11 is 1.13. The molecule has 1 N–H and O–H groups in total. The van der Waals surface area contributed by atoms with E-state index in [1.165, 1.54) is 0 Å². The van der Waals surface area contributed by atoms with Crippen LogP contribution in [0.1, 0.15) is 17.5 Å². The first kappa shape index (κ1) is 16.9. The highest BCUT2D eigenvalue weighted by Crippen LogP contribution is 2.17. The van der Waals surface area contributed by atoms with E-state index in [0.29, 0.717) is 22.5 Å². The van der Waals surface area contributed by atoms with Crippen LogP contribution in [0, 0.1) is 6.92 Å². The van der Waals surface area contributed by atoms with Gasteiger partial charge in [-0.3, -0.25) is 14.9 Å². The Morgan fingerprint density at radius 2 is 2.04 bits per heavy atom. The second-order valence-electron chi connectivity index (χ2n) is 4.59. The van der Waals surface area contributed by atoms with Gasteiger partial charge < -0.3 is 9.47 Å². The third-order valence-electron chi connectivity index (χ3n) is 2.77. The molecule has 1 amide bonds. The summed E-state index contributed by atoms with van der Waals surface area (Å²) in [5.41, 5.74) is 0.952. The largest absolute Gasteiger partial charge is 0.483 e. The normalized spacial score (nSPS) is 10.2. The number of aryl methyl sites for hydroxylation is 1. The third kappa shape index (κ3) is 5.33. The quantitative estimate of drug-likeness (QED) is 0.778. The molecule has 122 valence electrons. The predicted octanol–water partition coefficient (Wildman–Crippen LogP) is 1.97. The van der Waals surface area contributed by atoms with Crippen LogP contribution in [0.3, 0.4) is 0 Å². The second-order valence-corrected chi connectivity index (χ2v) is 5.65. The maximum Gasteiger partial charge on any atom is 0.312 e. The summed E-state index contributed by atoms with van der Waals surface area (Å²) in [7, 11) is 0. The Hall–Kier alpha value is -2.48. The number of carbonyl (C=O) groups is 2. The molecule has 0 aliphatic heterocycles. The van der Waals surface area contributed by atoms with E-state index >= 15 is 0 Å². The molecule has 0 atom stereocenters. The van der Waals surface area contributed by atoms with E-state index in [2.05, 4.69) is 15.5 Å². The zero-order chi connectivity index (χ0) is 16.7. The number of esters is 1. The van der Waals surface area contributed by atoms with Crippen LogP contribution >= 0.6 is 11.3 Å². The number of aromatic nitrogens is 2. The number of amides is 1. The second kappa shape index (κ2) is 8.23. The van der Waals surface area contributed by atoms with Gasteiger partial charge in [-0.15, -0.1) is 10.2 Å². The van der Waals surface area contributed by atoms with Crippen molar-refractivity contribution in [1.29, 1.82) is 0 Å². The summed E-state index contributed by atoms with van der Waals surface area (Å²) in [6.07, 6.45) is 0.0427. The molecule has 0 bridgehead atoms. The Labute approximate surface area is 137 Å². The first-order chi connectivity index (χ1) is 11.1. The number of benzene rings is 1. The van der Waals surface area contributed by atoms with Gasteiger partial charge in [-0.2, -0.15) is 0 Å².